The first-order valence-corrected chi connectivity index (χ1v) is 8.26. The molecule has 1 aromatic heterocycles. The van der Waals surface area contributed by atoms with E-state index in [1.165, 1.54) is 16.8 Å². The van der Waals surface area contributed by atoms with Gasteiger partial charge in [0.2, 0.25) is 0 Å². The lowest BCUT2D eigenvalue weighted by Crippen LogP contribution is -2.18. The van der Waals surface area contributed by atoms with Gasteiger partial charge in [0, 0.05) is 18.1 Å². The van der Waals surface area contributed by atoms with Gasteiger partial charge in [-0.2, -0.15) is 0 Å². The van der Waals surface area contributed by atoms with Gasteiger partial charge in [-0.05, 0) is 56.0 Å². The quantitative estimate of drug-likeness (QED) is 0.810. The molecule has 1 fully saturated rings. The fourth-order valence-corrected chi connectivity index (χ4v) is 2.61. The molecule has 0 spiro atoms. The largest absolute Gasteiger partial charge is 0.491 e. The van der Waals surface area contributed by atoms with Crippen molar-refractivity contribution < 1.29 is 14.3 Å². The van der Waals surface area contributed by atoms with E-state index in [2.05, 4.69) is 38.6 Å². The van der Waals surface area contributed by atoms with Crippen molar-refractivity contribution >= 4 is 17.7 Å². The fourth-order valence-electron chi connectivity index (χ4n) is 2.61. The summed E-state index contributed by atoms with van der Waals surface area (Å²) in [5.74, 6) is 0.877. The van der Waals surface area contributed by atoms with Crippen molar-refractivity contribution in [2.75, 3.05) is 6.61 Å². The number of nitrogens with zero attached hydrogens (tertiary/aromatic N) is 2. The number of hydrogen-bond donors (Lipinski definition) is 0. The molecule has 4 rings (SSSR count). The average molecular weight is 326 g/mol. The number of aryl methyl sites for hydroxylation is 1. The molecule has 0 amide bonds. The van der Waals surface area contributed by atoms with Gasteiger partial charge in [0.25, 0.3) is 0 Å². The minimum absolute atomic E-state index is 0.0648. The van der Waals surface area contributed by atoms with Gasteiger partial charge in [0.15, 0.2) is 0 Å². The Morgan fingerprint density at radius 2 is 2.04 bits per heavy atom. The van der Waals surface area contributed by atoms with Crippen LogP contribution in [0.5, 0.6) is 5.75 Å². The number of carbonyl (C=O) groups excluding carboxylic acids is 1. The van der Waals surface area contributed by atoms with Crippen LogP contribution in [0.25, 0.3) is 11.8 Å². The van der Waals surface area contributed by atoms with Crippen LogP contribution in [0, 0.1) is 0 Å². The molecule has 5 nitrogen and oxygen atoms in total. The predicted molar refractivity (Wildman–Crippen MR) is 92.5 cm³/mol. The molecule has 0 bridgehead atoms. The van der Waals surface area contributed by atoms with E-state index in [1.54, 1.807) is 0 Å². The maximum Gasteiger partial charge on any atom is 0.309 e. The molecule has 1 saturated heterocycles. The zero-order valence-electron chi connectivity index (χ0n) is 14.1. The Kier molecular flexibility index (Phi) is 4.99. The van der Waals surface area contributed by atoms with Gasteiger partial charge in [0.05, 0.1) is 18.9 Å². The summed E-state index contributed by atoms with van der Waals surface area (Å²) in [6, 6.07) is 6.37. The van der Waals surface area contributed by atoms with Gasteiger partial charge >= 0.3 is 5.97 Å². The monoisotopic (exact) mass is 326 g/mol. The number of allylic oxidation sites excluding steroid dienone is 1. The molecular weight excluding hydrogens is 304 g/mol. The van der Waals surface area contributed by atoms with E-state index < -0.39 is 0 Å². The van der Waals surface area contributed by atoms with Crippen molar-refractivity contribution in [1.29, 1.82) is 0 Å². The van der Waals surface area contributed by atoms with Gasteiger partial charge in [-0.1, -0.05) is 6.07 Å². The highest BCUT2D eigenvalue weighted by atomic mass is 16.6. The number of fused-ring (bicyclic) bond motifs is 1. The molecule has 126 valence electrons. The molecule has 1 aromatic carbocycles. The number of carbonyl (C=O) groups is 1. The Balaban J connectivity index is 0.000000290. The Hall–Kier alpha value is -2.56. The van der Waals surface area contributed by atoms with Crippen molar-refractivity contribution in [3.05, 3.63) is 48.0 Å². The Morgan fingerprint density at radius 3 is 2.62 bits per heavy atom. The van der Waals surface area contributed by atoms with Crippen LogP contribution in [0.1, 0.15) is 37.8 Å². The normalized spacial score (nSPS) is 15.5. The van der Waals surface area contributed by atoms with Crippen molar-refractivity contribution in [2.24, 2.45) is 0 Å². The Bertz CT molecular complexity index is 727. The number of cyclic esters (lactones) is 1. The SMILES string of the molecule is CC(C)Oc1ccc2c(c1)C=C(n1ccnc1)CC2.O=C1CCO1. The van der Waals surface area contributed by atoms with E-state index in [4.69, 9.17) is 4.74 Å². The fraction of sp³-hybridized carbons (Fsp3) is 0.368. The number of hydrogen-bond acceptors (Lipinski definition) is 4. The summed E-state index contributed by atoms with van der Waals surface area (Å²) in [4.78, 5) is 13.8. The molecule has 5 heteroatoms. The third-order valence-corrected chi connectivity index (χ3v) is 3.87. The van der Waals surface area contributed by atoms with Crippen molar-refractivity contribution in [1.82, 2.24) is 9.55 Å². The molecule has 1 aliphatic carbocycles. The van der Waals surface area contributed by atoms with E-state index in [0.29, 0.717) is 13.0 Å². The molecule has 0 radical (unpaired) electrons. The third-order valence-electron chi connectivity index (χ3n) is 3.87. The highest BCUT2D eigenvalue weighted by molar-refractivity contribution is 5.75. The van der Waals surface area contributed by atoms with Crippen LogP contribution in [0.3, 0.4) is 0 Å². The smallest absolute Gasteiger partial charge is 0.309 e. The highest BCUT2D eigenvalue weighted by Gasteiger charge is 2.13. The number of imidazole rings is 1. The van der Waals surface area contributed by atoms with Crippen molar-refractivity contribution in [3.63, 3.8) is 0 Å². The van der Waals surface area contributed by atoms with Gasteiger partial charge in [-0.15, -0.1) is 0 Å². The summed E-state index contributed by atoms with van der Waals surface area (Å²) >= 11 is 0. The standard InChI is InChI=1S/C16H18N2O.C3H4O2/c1-12(2)19-16-6-4-13-3-5-15(9-14(13)10-16)18-8-7-17-11-18;4-3-1-2-5-3/h4,6-12H,3,5H2,1-2H3;1-2H2. The molecule has 2 aromatic rings. The number of esters is 1. The molecule has 0 atom stereocenters. The second-order valence-corrected chi connectivity index (χ2v) is 6.10. The van der Waals surface area contributed by atoms with E-state index in [9.17, 15) is 4.79 Å². The van der Waals surface area contributed by atoms with Crippen molar-refractivity contribution in [2.45, 2.75) is 39.2 Å². The number of aromatic nitrogens is 2. The van der Waals surface area contributed by atoms with Gasteiger partial charge in [0.1, 0.15) is 12.4 Å². The van der Waals surface area contributed by atoms with E-state index in [-0.39, 0.29) is 12.1 Å². The molecule has 0 unspecified atom stereocenters. The van der Waals surface area contributed by atoms with Crippen LogP contribution >= 0.6 is 0 Å². The lowest BCUT2D eigenvalue weighted by Gasteiger charge is -2.18. The van der Waals surface area contributed by atoms with Crippen LogP contribution in [0.2, 0.25) is 0 Å². The van der Waals surface area contributed by atoms with Crippen LogP contribution in [0.15, 0.2) is 36.9 Å². The van der Waals surface area contributed by atoms with Gasteiger partial charge in [-0.25, -0.2) is 4.98 Å². The molecule has 24 heavy (non-hydrogen) atoms. The maximum absolute atomic E-state index is 9.68. The van der Waals surface area contributed by atoms with Gasteiger partial charge in [-0.3, -0.25) is 4.79 Å². The van der Waals surface area contributed by atoms with E-state index >= 15 is 0 Å². The molecule has 1 aliphatic heterocycles. The minimum Gasteiger partial charge on any atom is -0.491 e. The lowest BCUT2D eigenvalue weighted by molar-refractivity contribution is -0.157. The molecule has 0 N–H and O–H groups in total. The summed E-state index contributed by atoms with van der Waals surface area (Å²) in [5.41, 5.74) is 3.93. The first-order valence-electron chi connectivity index (χ1n) is 8.26. The second kappa shape index (κ2) is 7.34. The predicted octanol–water partition coefficient (Wildman–Crippen LogP) is 3.55. The minimum atomic E-state index is -0.0648. The topological polar surface area (TPSA) is 53.4 Å². The summed E-state index contributed by atoms with van der Waals surface area (Å²) < 4.78 is 12.1. The first kappa shape index (κ1) is 16.3. The summed E-state index contributed by atoms with van der Waals surface area (Å²) in [5, 5.41) is 0. The first-order chi connectivity index (χ1) is 11.6. The Labute approximate surface area is 141 Å². The zero-order valence-corrected chi connectivity index (χ0v) is 14.1. The Morgan fingerprint density at radius 1 is 1.25 bits per heavy atom. The second-order valence-electron chi connectivity index (χ2n) is 6.10. The number of benzene rings is 1. The average Bonchev–Trinajstić information content (AvgIpc) is 3.07. The van der Waals surface area contributed by atoms with Crippen molar-refractivity contribution in [3.8, 4) is 5.75 Å². The van der Waals surface area contributed by atoms with Gasteiger partial charge < -0.3 is 14.0 Å². The number of rotatable bonds is 3. The zero-order chi connectivity index (χ0) is 16.9. The summed E-state index contributed by atoms with van der Waals surface area (Å²) in [6.07, 6.45) is 10.8. The highest BCUT2D eigenvalue weighted by Crippen LogP contribution is 2.29. The summed E-state index contributed by atoms with van der Waals surface area (Å²) in [6.45, 7) is 4.73. The molecule has 2 aliphatic rings. The van der Waals surface area contributed by atoms with Crippen LogP contribution in [0.4, 0.5) is 0 Å². The van der Waals surface area contributed by atoms with E-state index in [0.717, 1.165) is 18.6 Å². The van der Waals surface area contributed by atoms with Crippen LogP contribution in [-0.4, -0.2) is 28.2 Å². The van der Waals surface area contributed by atoms with Crippen LogP contribution in [-0.2, 0) is 16.0 Å². The number of ether oxygens (including phenoxy) is 2. The molecular formula is C19H22N2O3. The maximum atomic E-state index is 9.68. The summed E-state index contributed by atoms with van der Waals surface area (Å²) in [7, 11) is 0. The molecule has 2 heterocycles. The molecule has 0 saturated carbocycles. The van der Waals surface area contributed by atoms with E-state index in [1.807, 2.05) is 32.6 Å². The third kappa shape index (κ3) is 4.04. The lowest BCUT2D eigenvalue weighted by atomic mass is 9.95. The van der Waals surface area contributed by atoms with Crippen LogP contribution < -0.4 is 4.74 Å².